The summed E-state index contributed by atoms with van der Waals surface area (Å²) in [6.45, 7) is 0. The first-order valence-electron chi connectivity index (χ1n) is 5.57. The molecule has 0 aliphatic heterocycles. The van der Waals surface area contributed by atoms with Gasteiger partial charge in [0.15, 0.2) is 0 Å². The molecule has 0 spiro atoms. The van der Waals surface area contributed by atoms with E-state index >= 15 is 0 Å². The minimum absolute atomic E-state index is 0.355. The maximum absolute atomic E-state index is 13.1. The normalized spacial score (nSPS) is 11.8. The van der Waals surface area contributed by atoms with Gasteiger partial charge in [-0.15, -0.1) is 0 Å². The first kappa shape index (κ1) is 15.3. The first-order valence-corrected chi connectivity index (χ1v) is 7.54. The summed E-state index contributed by atoms with van der Waals surface area (Å²) in [6, 6.07) is 11.1. The van der Waals surface area contributed by atoms with Crippen molar-refractivity contribution in [1.82, 2.24) is 0 Å². The van der Waals surface area contributed by atoms with Crippen LogP contribution in [0.2, 0.25) is 5.02 Å². The van der Waals surface area contributed by atoms with E-state index in [4.69, 9.17) is 11.6 Å². The summed E-state index contributed by atoms with van der Waals surface area (Å²) in [5.74, 6) is -0.355. The van der Waals surface area contributed by atoms with Crippen molar-refractivity contribution in [2.24, 2.45) is 0 Å². The molecule has 0 amide bonds. The Kier molecular flexibility index (Phi) is 5.03. The van der Waals surface area contributed by atoms with Crippen molar-refractivity contribution in [3.63, 3.8) is 0 Å². The molecule has 1 atom stereocenters. The van der Waals surface area contributed by atoms with Gasteiger partial charge in [0.25, 0.3) is 0 Å². The molecule has 0 aliphatic rings. The second-order valence-electron chi connectivity index (χ2n) is 4.00. The summed E-state index contributed by atoms with van der Waals surface area (Å²) in [6.07, 6.45) is 0. The Labute approximate surface area is 137 Å². The highest BCUT2D eigenvalue weighted by atomic mass is 79.9. The van der Waals surface area contributed by atoms with E-state index < -0.39 is 6.04 Å². The molecule has 6 heteroatoms. The fourth-order valence-electron chi connectivity index (χ4n) is 1.67. The Morgan fingerprint density at radius 3 is 2.50 bits per heavy atom. The van der Waals surface area contributed by atoms with Crippen LogP contribution in [-0.4, -0.2) is 0 Å². The highest BCUT2D eigenvalue weighted by molar-refractivity contribution is 9.10. The molecule has 0 saturated heterocycles. The van der Waals surface area contributed by atoms with Crippen LogP contribution in [0.1, 0.15) is 11.6 Å². The van der Waals surface area contributed by atoms with Crippen LogP contribution < -0.4 is 5.32 Å². The SMILES string of the molecule is N#CC(Nc1ccc(Cl)c(Br)c1)c1ccc(F)cc1Br. The summed E-state index contributed by atoms with van der Waals surface area (Å²) in [5.41, 5.74) is 1.41. The zero-order valence-corrected chi connectivity index (χ0v) is 13.9. The highest BCUT2D eigenvalue weighted by Crippen LogP contribution is 2.30. The molecule has 0 radical (unpaired) electrons. The second kappa shape index (κ2) is 6.57. The largest absolute Gasteiger partial charge is 0.366 e. The quantitative estimate of drug-likeness (QED) is 0.696. The number of hydrogen-bond acceptors (Lipinski definition) is 2. The summed E-state index contributed by atoms with van der Waals surface area (Å²) < 4.78 is 14.4. The van der Waals surface area contributed by atoms with Crippen LogP contribution in [0.4, 0.5) is 10.1 Å². The first-order chi connectivity index (χ1) is 9.51. The minimum Gasteiger partial charge on any atom is -0.366 e. The molecule has 2 aromatic rings. The van der Waals surface area contributed by atoms with Crippen molar-refractivity contribution < 1.29 is 4.39 Å². The van der Waals surface area contributed by atoms with Gasteiger partial charge in [-0.1, -0.05) is 33.6 Å². The van der Waals surface area contributed by atoms with E-state index in [1.165, 1.54) is 12.1 Å². The molecule has 2 aromatic carbocycles. The topological polar surface area (TPSA) is 35.8 Å². The van der Waals surface area contributed by atoms with Gasteiger partial charge in [-0.3, -0.25) is 0 Å². The molecule has 0 saturated carbocycles. The predicted molar refractivity (Wildman–Crippen MR) is 85.2 cm³/mol. The van der Waals surface area contributed by atoms with Crippen molar-refractivity contribution >= 4 is 49.1 Å². The zero-order chi connectivity index (χ0) is 14.7. The van der Waals surface area contributed by atoms with Crippen LogP contribution in [0.3, 0.4) is 0 Å². The molecule has 1 unspecified atom stereocenters. The van der Waals surface area contributed by atoms with Gasteiger partial charge >= 0.3 is 0 Å². The standard InChI is InChI=1S/C14H8Br2ClFN2/c15-11-5-8(18)1-3-10(11)14(7-19)20-9-2-4-13(17)12(16)6-9/h1-6,14,20H. The molecule has 0 fully saturated rings. The van der Waals surface area contributed by atoms with Crippen molar-refractivity contribution in [2.45, 2.75) is 6.04 Å². The molecule has 102 valence electrons. The van der Waals surface area contributed by atoms with Crippen LogP contribution in [0.25, 0.3) is 0 Å². The van der Waals surface area contributed by atoms with Gasteiger partial charge in [0.1, 0.15) is 11.9 Å². The molecule has 20 heavy (non-hydrogen) atoms. The van der Waals surface area contributed by atoms with Gasteiger partial charge in [-0.05, 0) is 46.3 Å². The molecule has 2 nitrogen and oxygen atoms in total. The molecule has 0 aliphatic carbocycles. The van der Waals surface area contributed by atoms with E-state index in [0.717, 1.165) is 10.2 Å². The maximum atomic E-state index is 13.1. The van der Waals surface area contributed by atoms with Crippen LogP contribution in [0.5, 0.6) is 0 Å². The molecule has 0 bridgehead atoms. The number of nitrogens with one attached hydrogen (secondary N) is 1. The zero-order valence-electron chi connectivity index (χ0n) is 10.0. The number of hydrogen-bond donors (Lipinski definition) is 1. The Bertz CT molecular complexity index is 685. The Morgan fingerprint density at radius 1 is 1.15 bits per heavy atom. The number of benzene rings is 2. The Balaban J connectivity index is 2.29. The Morgan fingerprint density at radius 2 is 1.90 bits per heavy atom. The van der Waals surface area contributed by atoms with Gasteiger partial charge in [0.2, 0.25) is 0 Å². The predicted octanol–water partition coefficient (Wildman–Crippen LogP) is 5.68. The van der Waals surface area contributed by atoms with Gasteiger partial charge in [0, 0.05) is 20.2 Å². The van der Waals surface area contributed by atoms with Crippen molar-refractivity contribution in [1.29, 1.82) is 5.26 Å². The number of nitrogens with zero attached hydrogens (tertiary/aromatic N) is 1. The molecule has 1 N–H and O–H groups in total. The lowest BCUT2D eigenvalue weighted by molar-refractivity contribution is 0.625. The fraction of sp³-hybridized carbons (Fsp3) is 0.0714. The van der Waals surface area contributed by atoms with E-state index in [0.29, 0.717) is 15.1 Å². The number of rotatable bonds is 3. The van der Waals surface area contributed by atoms with E-state index in [1.807, 2.05) is 0 Å². The number of anilines is 1. The molecular weight excluding hydrogens is 410 g/mol. The van der Waals surface area contributed by atoms with Gasteiger partial charge in [0.05, 0.1) is 11.1 Å². The number of halogens is 4. The number of nitriles is 1. The molecule has 0 aromatic heterocycles. The third-order valence-electron chi connectivity index (χ3n) is 2.63. The smallest absolute Gasteiger partial charge is 0.141 e. The highest BCUT2D eigenvalue weighted by Gasteiger charge is 2.14. The third-order valence-corrected chi connectivity index (χ3v) is 4.53. The molecular formula is C14H8Br2ClFN2. The third kappa shape index (κ3) is 3.51. The average molecular weight is 418 g/mol. The fourth-order valence-corrected chi connectivity index (χ4v) is 2.74. The average Bonchev–Trinajstić information content (AvgIpc) is 2.41. The van der Waals surface area contributed by atoms with Gasteiger partial charge < -0.3 is 5.32 Å². The summed E-state index contributed by atoms with van der Waals surface area (Å²) in [7, 11) is 0. The van der Waals surface area contributed by atoms with Gasteiger partial charge in [-0.2, -0.15) is 5.26 Å². The van der Waals surface area contributed by atoms with Gasteiger partial charge in [-0.25, -0.2) is 4.39 Å². The van der Waals surface area contributed by atoms with Crippen molar-refractivity contribution in [3.8, 4) is 6.07 Å². The van der Waals surface area contributed by atoms with E-state index in [-0.39, 0.29) is 5.82 Å². The van der Waals surface area contributed by atoms with E-state index in [1.54, 1.807) is 24.3 Å². The Hall–Kier alpha value is -1.09. The lowest BCUT2D eigenvalue weighted by atomic mass is 10.1. The lowest BCUT2D eigenvalue weighted by Gasteiger charge is -2.15. The van der Waals surface area contributed by atoms with Crippen LogP contribution in [-0.2, 0) is 0 Å². The molecule has 2 rings (SSSR count). The second-order valence-corrected chi connectivity index (χ2v) is 6.12. The van der Waals surface area contributed by atoms with Crippen LogP contribution in [0, 0.1) is 17.1 Å². The monoisotopic (exact) mass is 416 g/mol. The lowest BCUT2D eigenvalue weighted by Crippen LogP contribution is -2.09. The van der Waals surface area contributed by atoms with E-state index in [9.17, 15) is 9.65 Å². The summed E-state index contributed by atoms with van der Waals surface area (Å²) >= 11 is 12.5. The van der Waals surface area contributed by atoms with Crippen LogP contribution in [0.15, 0.2) is 45.3 Å². The molecule has 0 heterocycles. The maximum Gasteiger partial charge on any atom is 0.141 e. The van der Waals surface area contributed by atoms with E-state index in [2.05, 4.69) is 43.2 Å². The minimum atomic E-state index is -0.599. The van der Waals surface area contributed by atoms with Crippen LogP contribution >= 0.6 is 43.5 Å². The van der Waals surface area contributed by atoms with Crippen molar-refractivity contribution in [2.75, 3.05) is 5.32 Å². The van der Waals surface area contributed by atoms with Crippen molar-refractivity contribution in [3.05, 3.63) is 61.7 Å². The summed E-state index contributed by atoms with van der Waals surface area (Å²) in [5, 5.41) is 13.0. The summed E-state index contributed by atoms with van der Waals surface area (Å²) in [4.78, 5) is 0.